The maximum absolute atomic E-state index is 12.5. The van der Waals surface area contributed by atoms with Gasteiger partial charge in [0.1, 0.15) is 0 Å². The van der Waals surface area contributed by atoms with E-state index in [1.54, 1.807) is 6.07 Å². The average molecular weight is 338 g/mol. The van der Waals surface area contributed by atoms with E-state index in [0.29, 0.717) is 17.4 Å². The zero-order valence-corrected chi connectivity index (χ0v) is 15.5. The number of likely N-dealkylation sites (tertiary alicyclic amines) is 1. The second kappa shape index (κ2) is 7.21. The first-order valence-corrected chi connectivity index (χ1v) is 8.92. The van der Waals surface area contributed by atoms with Crippen molar-refractivity contribution in [2.45, 2.75) is 40.5 Å². The van der Waals surface area contributed by atoms with Crippen LogP contribution >= 0.6 is 0 Å². The summed E-state index contributed by atoms with van der Waals surface area (Å²) < 4.78 is 0. The van der Waals surface area contributed by atoms with Crippen molar-refractivity contribution in [2.75, 3.05) is 18.4 Å². The Balaban J connectivity index is 1.71. The molecule has 1 saturated heterocycles. The van der Waals surface area contributed by atoms with E-state index < -0.39 is 0 Å². The Kier molecular flexibility index (Phi) is 5.02. The zero-order chi connectivity index (χ0) is 18.0. The molecule has 2 aromatic rings. The first-order valence-electron chi connectivity index (χ1n) is 8.92. The number of nitrogens with zero attached hydrogens (tertiary/aromatic N) is 3. The Morgan fingerprint density at radius 1 is 1.08 bits per heavy atom. The number of piperidine rings is 1. The highest BCUT2D eigenvalue weighted by molar-refractivity contribution is 5.92. The maximum atomic E-state index is 12.5. The van der Waals surface area contributed by atoms with Crippen LogP contribution in [0, 0.1) is 26.7 Å². The fourth-order valence-corrected chi connectivity index (χ4v) is 3.39. The van der Waals surface area contributed by atoms with Crippen LogP contribution in [0.25, 0.3) is 0 Å². The molecule has 0 spiro atoms. The molecule has 1 aromatic carbocycles. The largest absolute Gasteiger partial charge is 0.338 e. The topological polar surface area (TPSA) is 58.1 Å². The summed E-state index contributed by atoms with van der Waals surface area (Å²) in [5, 5.41) is 11.7. The van der Waals surface area contributed by atoms with Crippen molar-refractivity contribution in [1.82, 2.24) is 15.1 Å². The number of aryl methyl sites for hydroxylation is 3. The van der Waals surface area contributed by atoms with Crippen molar-refractivity contribution in [3.63, 3.8) is 0 Å². The van der Waals surface area contributed by atoms with Crippen LogP contribution in [-0.2, 0) is 0 Å². The van der Waals surface area contributed by atoms with Gasteiger partial charge in [-0.05, 0) is 62.8 Å². The highest BCUT2D eigenvalue weighted by atomic mass is 16.2. The molecule has 0 bridgehead atoms. The van der Waals surface area contributed by atoms with Crippen LogP contribution in [0.2, 0.25) is 0 Å². The SMILES string of the molecule is Cc1cc(C)c(Nc2ccc(C(=O)N3CCC(C)CC3)nn2)c(C)c1. The fourth-order valence-electron chi connectivity index (χ4n) is 3.39. The summed E-state index contributed by atoms with van der Waals surface area (Å²) in [5.74, 6) is 1.33. The van der Waals surface area contributed by atoms with E-state index >= 15 is 0 Å². The molecule has 1 N–H and O–H groups in total. The van der Waals surface area contributed by atoms with Crippen LogP contribution in [0.4, 0.5) is 11.5 Å². The molecule has 0 aliphatic carbocycles. The molecule has 0 radical (unpaired) electrons. The molecule has 1 aromatic heterocycles. The third kappa shape index (κ3) is 3.98. The summed E-state index contributed by atoms with van der Waals surface area (Å²) in [6.45, 7) is 10.1. The molecule has 5 heteroatoms. The van der Waals surface area contributed by atoms with Crippen molar-refractivity contribution in [1.29, 1.82) is 0 Å². The number of carbonyl (C=O) groups is 1. The predicted molar refractivity (Wildman–Crippen MR) is 100 cm³/mol. The van der Waals surface area contributed by atoms with Gasteiger partial charge >= 0.3 is 0 Å². The molecule has 1 amide bonds. The number of carbonyl (C=O) groups excluding carboxylic acids is 1. The Labute approximate surface area is 149 Å². The van der Waals surface area contributed by atoms with Crippen molar-refractivity contribution >= 4 is 17.4 Å². The molecule has 25 heavy (non-hydrogen) atoms. The van der Waals surface area contributed by atoms with Crippen LogP contribution in [0.3, 0.4) is 0 Å². The number of nitrogens with one attached hydrogen (secondary N) is 1. The fraction of sp³-hybridized carbons (Fsp3) is 0.450. The van der Waals surface area contributed by atoms with Gasteiger partial charge in [-0.1, -0.05) is 24.6 Å². The van der Waals surface area contributed by atoms with Crippen molar-refractivity contribution in [3.05, 3.63) is 46.6 Å². The van der Waals surface area contributed by atoms with E-state index in [-0.39, 0.29) is 5.91 Å². The predicted octanol–water partition coefficient (Wildman–Crippen LogP) is 4.02. The van der Waals surface area contributed by atoms with E-state index in [4.69, 9.17) is 0 Å². The van der Waals surface area contributed by atoms with E-state index in [1.165, 1.54) is 16.7 Å². The molecule has 1 fully saturated rings. The quantitative estimate of drug-likeness (QED) is 0.918. The monoisotopic (exact) mass is 338 g/mol. The number of hydrogen-bond acceptors (Lipinski definition) is 4. The van der Waals surface area contributed by atoms with Crippen molar-refractivity contribution < 1.29 is 4.79 Å². The molecule has 0 unspecified atom stereocenters. The van der Waals surface area contributed by atoms with Crippen LogP contribution < -0.4 is 5.32 Å². The van der Waals surface area contributed by atoms with Gasteiger partial charge in [0, 0.05) is 18.8 Å². The first-order chi connectivity index (χ1) is 11.9. The van der Waals surface area contributed by atoms with Crippen molar-refractivity contribution in [3.8, 4) is 0 Å². The number of rotatable bonds is 3. The molecule has 1 aliphatic heterocycles. The lowest BCUT2D eigenvalue weighted by Crippen LogP contribution is -2.38. The third-order valence-electron chi connectivity index (χ3n) is 4.88. The minimum atomic E-state index is -0.0198. The van der Waals surface area contributed by atoms with E-state index in [9.17, 15) is 4.79 Å². The van der Waals surface area contributed by atoms with Gasteiger partial charge in [-0.15, -0.1) is 10.2 Å². The maximum Gasteiger partial charge on any atom is 0.274 e. The highest BCUT2D eigenvalue weighted by Gasteiger charge is 2.22. The van der Waals surface area contributed by atoms with Crippen LogP contribution in [0.5, 0.6) is 0 Å². The van der Waals surface area contributed by atoms with Gasteiger partial charge in [0.25, 0.3) is 5.91 Å². The van der Waals surface area contributed by atoms with Gasteiger partial charge in [0.2, 0.25) is 0 Å². The lowest BCUT2D eigenvalue weighted by atomic mass is 9.99. The molecule has 132 valence electrons. The molecular formula is C20H26N4O. The van der Waals surface area contributed by atoms with Crippen LogP contribution in [0.1, 0.15) is 46.9 Å². The summed E-state index contributed by atoms with van der Waals surface area (Å²) in [7, 11) is 0. The molecule has 0 saturated carbocycles. The Bertz CT molecular complexity index is 739. The van der Waals surface area contributed by atoms with Gasteiger partial charge in [-0.2, -0.15) is 0 Å². The smallest absolute Gasteiger partial charge is 0.274 e. The van der Waals surface area contributed by atoms with Gasteiger partial charge in [-0.25, -0.2) is 0 Å². The molecule has 3 rings (SSSR count). The Hall–Kier alpha value is -2.43. The van der Waals surface area contributed by atoms with Crippen molar-refractivity contribution in [2.24, 2.45) is 5.92 Å². The zero-order valence-electron chi connectivity index (χ0n) is 15.5. The Morgan fingerprint density at radius 3 is 2.28 bits per heavy atom. The molecule has 1 aliphatic rings. The minimum Gasteiger partial charge on any atom is -0.338 e. The Morgan fingerprint density at radius 2 is 1.72 bits per heavy atom. The standard InChI is InChI=1S/C20H26N4O/c1-13-7-9-24(10-8-13)20(25)17-5-6-18(23-22-17)21-19-15(3)11-14(2)12-16(19)4/h5-6,11-13H,7-10H2,1-4H3,(H,21,23). The van der Waals surface area contributed by atoms with Gasteiger partial charge in [0.15, 0.2) is 11.5 Å². The van der Waals surface area contributed by atoms with E-state index in [2.05, 4.69) is 55.3 Å². The molecular weight excluding hydrogens is 312 g/mol. The van der Waals surface area contributed by atoms with E-state index in [0.717, 1.165) is 31.6 Å². The summed E-state index contributed by atoms with van der Waals surface area (Å²) >= 11 is 0. The van der Waals surface area contributed by atoms with Gasteiger partial charge in [0.05, 0.1) is 0 Å². The summed E-state index contributed by atoms with van der Waals surface area (Å²) in [4.78, 5) is 14.4. The molecule has 2 heterocycles. The molecule has 0 atom stereocenters. The number of aromatic nitrogens is 2. The minimum absolute atomic E-state index is 0.0198. The molecule has 5 nitrogen and oxygen atoms in total. The van der Waals surface area contributed by atoms with E-state index in [1.807, 2.05) is 11.0 Å². The summed E-state index contributed by atoms with van der Waals surface area (Å²) in [5.41, 5.74) is 5.04. The van der Waals surface area contributed by atoms with Gasteiger partial charge in [-0.3, -0.25) is 4.79 Å². The second-order valence-corrected chi connectivity index (χ2v) is 7.18. The normalized spacial score (nSPS) is 15.3. The van der Waals surface area contributed by atoms with Gasteiger partial charge < -0.3 is 10.2 Å². The lowest BCUT2D eigenvalue weighted by Gasteiger charge is -2.29. The summed E-state index contributed by atoms with van der Waals surface area (Å²) in [6, 6.07) is 7.86. The number of amides is 1. The number of benzene rings is 1. The van der Waals surface area contributed by atoms with Crippen LogP contribution in [0.15, 0.2) is 24.3 Å². The first kappa shape index (κ1) is 17.4. The number of anilines is 2. The van der Waals surface area contributed by atoms with Crippen LogP contribution in [-0.4, -0.2) is 34.1 Å². The second-order valence-electron chi connectivity index (χ2n) is 7.18. The number of hydrogen-bond donors (Lipinski definition) is 1. The summed E-state index contributed by atoms with van der Waals surface area (Å²) in [6.07, 6.45) is 2.12. The lowest BCUT2D eigenvalue weighted by molar-refractivity contribution is 0.0690. The average Bonchev–Trinajstić information content (AvgIpc) is 2.59. The highest BCUT2D eigenvalue weighted by Crippen LogP contribution is 2.25. The third-order valence-corrected chi connectivity index (χ3v) is 4.88.